The lowest BCUT2D eigenvalue weighted by Crippen LogP contribution is -2.35. The summed E-state index contributed by atoms with van der Waals surface area (Å²) in [7, 11) is 0. The average molecular weight is 196 g/mol. The quantitative estimate of drug-likeness (QED) is 0.528. The van der Waals surface area contributed by atoms with Crippen LogP contribution in [0.1, 0.15) is 38.5 Å². The van der Waals surface area contributed by atoms with Gasteiger partial charge in [0.15, 0.2) is 0 Å². The van der Waals surface area contributed by atoms with Crippen molar-refractivity contribution in [2.24, 2.45) is 5.92 Å². The van der Waals surface area contributed by atoms with Crippen LogP contribution in [0.2, 0.25) is 0 Å². The largest absolute Gasteiger partial charge is 0.396 e. The average Bonchev–Trinajstić information content (AvgIpc) is 2.43. The summed E-state index contributed by atoms with van der Waals surface area (Å²) in [5.41, 5.74) is 0. The SMILES string of the molecule is N#CC1CCCCCC1NCCCO. The lowest BCUT2D eigenvalue weighted by Gasteiger charge is -2.20. The van der Waals surface area contributed by atoms with E-state index in [1.165, 1.54) is 19.3 Å². The highest BCUT2D eigenvalue weighted by molar-refractivity contribution is 4.93. The maximum Gasteiger partial charge on any atom is 0.0672 e. The molecule has 2 unspecified atom stereocenters. The van der Waals surface area contributed by atoms with Crippen LogP contribution in [0.3, 0.4) is 0 Å². The van der Waals surface area contributed by atoms with Gasteiger partial charge in [0.05, 0.1) is 12.0 Å². The lowest BCUT2D eigenvalue weighted by molar-refractivity contribution is 0.278. The molecule has 0 aromatic heterocycles. The molecule has 0 aliphatic heterocycles. The van der Waals surface area contributed by atoms with Crippen LogP contribution < -0.4 is 5.32 Å². The first-order chi connectivity index (χ1) is 6.88. The fraction of sp³-hybridized carbons (Fsp3) is 0.909. The van der Waals surface area contributed by atoms with Gasteiger partial charge < -0.3 is 10.4 Å². The van der Waals surface area contributed by atoms with Crippen LogP contribution in [-0.2, 0) is 0 Å². The standard InChI is InChI=1S/C11H20N2O/c12-9-10-5-2-1-3-6-11(10)13-7-4-8-14/h10-11,13-14H,1-8H2. The number of nitrogens with one attached hydrogen (secondary N) is 1. The Labute approximate surface area is 86.1 Å². The number of nitrogens with zero attached hydrogens (tertiary/aromatic N) is 1. The molecule has 0 aromatic rings. The Kier molecular flexibility index (Phi) is 5.58. The van der Waals surface area contributed by atoms with Gasteiger partial charge in [-0.1, -0.05) is 19.3 Å². The van der Waals surface area contributed by atoms with Gasteiger partial charge in [-0.05, 0) is 25.8 Å². The van der Waals surface area contributed by atoms with E-state index >= 15 is 0 Å². The Morgan fingerprint density at radius 1 is 1.29 bits per heavy atom. The summed E-state index contributed by atoms with van der Waals surface area (Å²) in [5, 5.41) is 21.1. The number of aliphatic hydroxyl groups is 1. The smallest absolute Gasteiger partial charge is 0.0672 e. The maximum atomic E-state index is 9.00. The third kappa shape index (κ3) is 3.65. The van der Waals surface area contributed by atoms with E-state index in [0.717, 1.165) is 25.8 Å². The predicted octanol–water partition coefficient (Wildman–Crippen LogP) is 1.43. The molecule has 2 atom stereocenters. The number of nitriles is 1. The molecular formula is C11H20N2O. The first-order valence-corrected chi connectivity index (χ1v) is 5.62. The van der Waals surface area contributed by atoms with Crippen molar-refractivity contribution in [2.45, 2.75) is 44.6 Å². The second kappa shape index (κ2) is 6.80. The first kappa shape index (κ1) is 11.5. The van der Waals surface area contributed by atoms with Gasteiger partial charge in [-0.25, -0.2) is 0 Å². The van der Waals surface area contributed by atoms with Crippen LogP contribution in [0.15, 0.2) is 0 Å². The number of hydrogen-bond acceptors (Lipinski definition) is 3. The van der Waals surface area contributed by atoms with E-state index in [1.807, 2.05) is 0 Å². The van der Waals surface area contributed by atoms with Gasteiger partial charge in [-0.3, -0.25) is 0 Å². The molecule has 1 fully saturated rings. The van der Waals surface area contributed by atoms with Crippen molar-refractivity contribution < 1.29 is 5.11 Å². The molecule has 0 amide bonds. The normalized spacial score (nSPS) is 28.0. The molecular weight excluding hydrogens is 176 g/mol. The van der Waals surface area contributed by atoms with Crippen molar-refractivity contribution in [1.82, 2.24) is 5.32 Å². The van der Waals surface area contributed by atoms with Gasteiger partial charge in [-0.15, -0.1) is 0 Å². The predicted molar refractivity (Wildman–Crippen MR) is 55.7 cm³/mol. The molecule has 1 rings (SSSR count). The maximum absolute atomic E-state index is 9.00. The van der Waals surface area contributed by atoms with E-state index in [1.54, 1.807) is 0 Å². The third-order valence-electron chi connectivity index (χ3n) is 2.92. The number of aliphatic hydroxyl groups excluding tert-OH is 1. The van der Waals surface area contributed by atoms with Gasteiger partial charge in [-0.2, -0.15) is 5.26 Å². The minimum absolute atomic E-state index is 0.177. The molecule has 2 N–H and O–H groups in total. The number of hydrogen-bond donors (Lipinski definition) is 2. The minimum Gasteiger partial charge on any atom is -0.396 e. The fourth-order valence-corrected chi connectivity index (χ4v) is 2.07. The summed E-state index contributed by atoms with van der Waals surface area (Å²) in [6.45, 7) is 1.07. The molecule has 80 valence electrons. The highest BCUT2D eigenvalue weighted by Gasteiger charge is 2.22. The Morgan fingerprint density at radius 3 is 2.79 bits per heavy atom. The molecule has 3 heteroatoms. The summed E-state index contributed by atoms with van der Waals surface area (Å²) in [6, 6.07) is 2.75. The second-order valence-corrected chi connectivity index (χ2v) is 4.01. The summed E-state index contributed by atoms with van der Waals surface area (Å²) in [4.78, 5) is 0. The van der Waals surface area contributed by atoms with E-state index in [0.29, 0.717) is 6.04 Å². The van der Waals surface area contributed by atoms with Crippen LogP contribution in [0.25, 0.3) is 0 Å². The summed E-state index contributed by atoms with van der Waals surface area (Å²) in [6.07, 6.45) is 6.62. The third-order valence-corrected chi connectivity index (χ3v) is 2.92. The van der Waals surface area contributed by atoms with Gasteiger partial charge in [0.25, 0.3) is 0 Å². The van der Waals surface area contributed by atoms with Gasteiger partial charge in [0.1, 0.15) is 0 Å². The van der Waals surface area contributed by atoms with Crippen molar-refractivity contribution in [3.8, 4) is 6.07 Å². The van der Waals surface area contributed by atoms with Gasteiger partial charge >= 0.3 is 0 Å². The molecule has 0 saturated heterocycles. The molecule has 0 bridgehead atoms. The second-order valence-electron chi connectivity index (χ2n) is 4.01. The molecule has 0 heterocycles. The Morgan fingerprint density at radius 2 is 2.07 bits per heavy atom. The minimum atomic E-state index is 0.177. The van der Waals surface area contributed by atoms with E-state index < -0.39 is 0 Å². The highest BCUT2D eigenvalue weighted by atomic mass is 16.3. The molecule has 1 aliphatic carbocycles. The summed E-state index contributed by atoms with van der Waals surface area (Å²) in [5.74, 6) is 0.177. The van der Waals surface area contributed by atoms with Gasteiger partial charge in [0.2, 0.25) is 0 Å². The van der Waals surface area contributed by atoms with Crippen LogP contribution in [0.5, 0.6) is 0 Å². The zero-order valence-electron chi connectivity index (χ0n) is 8.71. The monoisotopic (exact) mass is 196 g/mol. The lowest BCUT2D eigenvalue weighted by atomic mass is 9.96. The van der Waals surface area contributed by atoms with Gasteiger partial charge in [0, 0.05) is 12.6 Å². The molecule has 3 nitrogen and oxygen atoms in total. The molecule has 14 heavy (non-hydrogen) atoms. The van der Waals surface area contributed by atoms with E-state index in [9.17, 15) is 0 Å². The zero-order chi connectivity index (χ0) is 10.2. The van der Waals surface area contributed by atoms with Crippen molar-refractivity contribution >= 4 is 0 Å². The van der Waals surface area contributed by atoms with E-state index in [-0.39, 0.29) is 12.5 Å². The van der Waals surface area contributed by atoms with Crippen LogP contribution >= 0.6 is 0 Å². The summed E-state index contributed by atoms with van der Waals surface area (Å²) >= 11 is 0. The molecule has 0 spiro atoms. The van der Waals surface area contributed by atoms with Crippen LogP contribution in [0.4, 0.5) is 0 Å². The van der Waals surface area contributed by atoms with Crippen molar-refractivity contribution in [3.05, 3.63) is 0 Å². The van der Waals surface area contributed by atoms with Crippen molar-refractivity contribution in [3.63, 3.8) is 0 Å². The van der Waals surface area contributed by atoms with E-state index in [4.69, 9.17) is 10.4 Å². The zero-order valence-corrected chi connectivity index (χ0v) is 8.71. The molecule has 1 saturated carbocycles. The van der Waals surface area contributed by atoms with E-state index in [2.05, 4.69) is 11.4 Å². The highest BCUT2D eigenvalue weighted by Crippen LogP contribution is 2.22. The fourth-order valence-electron chi connectivity index (χ4n) is 2.07. The first-order valence-electron chi connectivity index (χ1n) is 5.62. The molecule has 0 radical (unpaired) electrons. The molecule has 1 aliphatic rings. The Hall–Kier alpha value is -0.590. The topological polar surface area (TPSA) is 56.0 Å². The van der Waals surface area contributed by atoms with Crippen LogP contribution in [0, 0.1) is 17.2 Å². The Balaban J connectivity index is 2.33. The number of rotatable bonds is 4. The van der Waals surface area contributed by atoms with Crippen LogP contribution in [-0.4, -0.2) is 24.3 Å². The van der Waals surface area contributed by atoms with Crippen molar-refractivity contribution in [2.75, 3.05) is 13.2 Å². The summed E-state index contributed by atoms with van der Waals surface area (Å²) < 4.78 is 0. The Bertz CT molecular complexity index is 188. The van der Waals surface area contributed by atoms with Crippen molar-refractivity contribution in [1.29, 1.82) is 5.26 Å². The molecule has 0 aromatic carbocycles.